The third-order valence-corrected chi connectivity index (χ3v) is 9.64. The number of amides is 3. The van der Waals surface area contributed by atoms with Crippen LogP contribution in [0.5, 0.6) is 0 Å². The van der Waals surface area contributed by atoms with Crippen LogP contribution in [-0.4, -0.2) is 56.3 Å². The molecular weight excluding hydrogens is 440 g/mol. The molecule has 0 radical (unpaired) electrons. The Kier molecular flexibility index (Phi) is 4.31. The lowest BCUT2D eigenvalue weighted by Crippen LogP contribution is -2.51. The van der Waals surface area contributed by atoms with E-state index in [1.807, 2.05) is 4.90 Å². The van der Waals surface area contributed by atoms with E-state index >= 15 is 0 Å². The first kappa shape index (κ1) is 17.0. The zero-order chi connectivity index (χ0) is 17.2. The number of rotatable bonds is 2. The molecule has 0 spiro atoms. The summed E-state index contributed by atoms with van der Waals surface area (Å²) < 4.78 is 0. The number of nitrogens with zero attached hydrogens (tertiary/aromatic N) is 2. The van der Waals surface area contributed by atoms with Gasteiger partial charge in [-0.05, 0) is 44.4 Å². The van der Waals surface area contributed by atoms with Gasteiger partial charge in [0.05, 0.1) is 11.8 Å². The smallest absolute Gasteiger partial charge is 0.245 e. The Morgan fingerprint density at radius 1 is 1.00 bits per heavy atom. The van der Waals surface area contributed by atoms with Gasteiger partial charge in [0.1, 0.15) is 6.04 Å². The Morgan fingerprint density at radius 3 is 2.00 bits per heavy atom. The monoisotopic (exact) mass is 460 g/mol. The Hall–Kier alpha value is -0.430. The molecule has 2 aliphatic carbocycles. The predicted octanol–water partition coefficient (Wildman–Crippen LogP) is 2.17. The largest absolute Gasteiger partial charge is 0.341 e. The first-order valence-corrected chi connectivity index (χ1v) is 10.7. The van der Waals surface area contributed by atoms with Crippen molar-refractivity contribution >= 4 is 49.6 Å². The third-order valence-electron chi connectivity index (χ3n) is 6.43. The molecule has 24 heavy (non-hydrogen) atoms. The van der Waals surface area contributed by atoms with Crippen molar-refractivity contribution in [1.82, 2.24) is 9.80 Å². The van der Waals surface area contributed by atoms with Crippen molar-refractivity contribution in [3.8, 4) is 0 Å². The average molecular weight is 462 g/mol. The molecule has 3 amide bonds. The molecule has 132 valence electrons. The summed E-state index contributed by atoms with van der Waals surface area (Å²) in [7, 11) is 0. The van der Waals surface area contributed by atoms with Crippen LogP contribution < -0.4 is 0 Å². The van der Waals surface area contributed by atoms with Gasteiger partial charge in [0.2, 0.25) is 17.7 Å². The summed E-state index contributed by atoms with van der Waals surface area (Å²) in [5, 5.41) is 0. The number of fused-ring (bicyclic) bond motifs is 5. The zero-order valence-electron chi connectivity index (χ0n) is 13.7. The number of halogens is 2. The van der Waals surface area contributed by atoms with Gasteiger partial charge in [-0.25, -0.2) is 0 Å². The summed E-state index contributed by atoms with van der Waals surface area (Å²) in [6.45, 7) is 3.20. The topological polar surface area (TPSA) is 57.7 Å². The van der Waals surface area contributed by atoms with Gasteiger partial charge in [0.25, 0.3) is 0 Å². The zero-order valence-corrected chi connectivity index (χ0v) is 16.8. The van der Waals surface area contributed by atoms with Crippen molar-refractivity contribution in [3.63, 3.8) is 0 Å². The lowest BCUT2D eigenvalue weighted by Gasteiger charge is -2.32. The fourth-order valence-corrected chi connectivity index (χ4v) is 7.12. The molecule has 0 aromatic heterocycles. The summed E-state index contributed by atoms with van der Waals surface area (Å²) in [5.74, 6) is -0.409. The van der Waals surface area contributed by atoms with Crippen molar-refractivity contribution < 1.29 is 14.4 Å². The Bertz CT molecular complexity index is 560. The molecule has 7 unspecified atom stereocenters. The Balaban J connectivity index is 1.56. The molecule has 2 saturated carbocycles. The number of imide groups is 1. The second kappa shape index (κ2) is 6.08. The van der Waals surface area contributed by atoms with Gasteiger partial charge in [-0.1, -0.05) is 31.9 Å². The minimum Gasteiger partial charge on any atom is -0.341 e. The van der Waals surface area contributed by atoms with E-state index in [0.29, 0.717) is 0 Å². The maximum Gasteiger partial charge on any atom is 0.245 e. The fraction of sp³-hybridized carbons (Fsp3) is 0.824. The fourth-order valence-electron chi connectivity index (χ4n) is 5.24. The van der Waals surface area contributed by atoms with E-state index in [4.69, 9.17) is 0 Å². The third kappa shape index (κ3) is 2.26. The molecular formula is C17H22Br2N2O3. The van der Waals surface area contributed by atoms with Gasteiger partial charge in [0.15, 0.2) is 0 Å². The Morgan fingerprint density at radius 2 is 1.50 bits per heavy atom. The van der Waals surface area contributed by atoms with Gasteiger partial charge in [0, 0.05) is 22.7 Å². The standard InChI is InChI=1S/C17H22Br2N2O3/c1-8(15(22)20-5-3-2-4-6-20)21-16(23)11-9-7-10(12(11)17(21)24)14(19)13(9)18/h8-14H,2-7H2,1H3. The van der Waals surface area contributed by atoms with Crippen LogP contribution in [0.15, 0.2) is 0 Å². The van der Waals surface area contributed by atoms with Gasteiger partial charge in [-0.3, -0.25) is 19.3 Å². The molecule has 7 atom stereocenters. The number of hydrogen-bond donors (Lipinski definition) is 0. The number of hydrogen-bond acceptors (Lipinski definition) is 3. The predicted molar refractivity (Wildman–Crippen MR) is 95.8 cm³/mol. The van der Waals surface area contributed by atoms with Crippen LogP contribution in [0, 0.1) is 23.7 Å². The molecule has 2 aliphatic heterocycles. The average Bonchev–Trinajstić information content (AvgIpc) is 3.19. The summed E-state index contributed by atoms with van der Waals surface area (Å²) in [6, 6.07) is -0.671. The number of carbonyl (C=O) groups excluding carboxylic acids is 3. The summed E-state index contributed by atoms with van der Waals surface area (Å²) in [4.78, 5) is 42.3. The molecule has 4 rings (SSSR count). The molecule has 5 nitrogen and oxygen atoms in total. The normalized spacial score (nSPS) is 42.6. The van der Waals surface area contributed by atoms with Crippen LogP contribution >= 0.6 is 31.9 Å². The van der Waals surface area contributed by atoms with Gasteiger partial charge >= 0.3 is 0 Å². The quantitative estimate of drug-likeness (QED) is 0.467. The molecule has 7 heteroatoms. The van der Waals surface area contributed by atoms with Crippen molar-refractivity contribution in [3.05, 3.63) is 0 Å². The van der Waals surface area contributed by atoms with E-state index in [0.717, 1.165) is 38.8 Å². The van der Waals surface area contributed by atoms with Crippen molar-refractivity contribution in [2.45, 2.75) is 48.3 Å². The number of alkyl halides is 2. The summed E-state index contributed by atoms with van der Waals surface area (Å²) >= 11 is 7.38. The number of likely N-dealkylation sites (tertiary alicyclic amines) is 2. The molecule has 2 heterocycles. The van der Waals surface area contributed by atoms with E-state index in [2.05, 4.69) is 31.9 Å². The van der Waals surface area contributed by atoms with Crippen LogP contribution in [0.4, 0.5) is 0 Å². The van der Waals surface area contributed by atoms with E-state index < -0.39 is 6.04 Å². The molecule has 4 fully saturated rings. The van der Waals surface area contributed by atoms with Crippen LogP contribution in [0.2, 0.25) is 0 Å². The van der Waals surface area contributed by atoms with E-state index in [9.17, 15) is 14.4 Å². The van der Waals surface area contributed by atoms with Crippen LogP contribution in [-0.2, 0) is 14.4 Å². The molecule has 0 aromatic carbocycles. The van der Waals surface area contributed by atoms with Crippen LogP contribution in [0.1, 0.15) is 32.6 Å². The van der Waals surface area contributed by atoms with Crippen LogP contribution in [0.3, 0.4) is 0 Å². The minimum absolute atomic E-state index is 0.0745. The summed E-state index contributed by atoms with van der Waals surface area (Å²) in [5.41, 5.74) is 0. The molecule has 4 aliphatic rings. The highest BCUT2D eigenvalue weighted by Crippen LogP contribution is 2.60. The number of carbonyl (C=O) groups is 3. The van der Waals surface area contributed by atoms with E-state index in [1.54, 1.807) is 6.92 Å². The molecule has 0 N–H and O–H groups in total. The van der Waals surface area contributed by atoms with Crippen molar-refractivity contribution in [2.24, 2.45) is 23.7 Å². The van der Waals surface area contributed by atoms with Gasteiger partial charge in [-0.15, -0.1) is 0 Å². The summed E-state index contributed by atoms with van der Waals surface area (Å²) in [6.07, 6.45) is 4.08. The maximum absolute atomic E-state index is 13.0. The van der Waals surface area contributed by atoms with Crippen LogP contribution in [0.25, 0.3) is 0 Å². The van der Waals surface area contributed by atoms with Crippen molar-refractivity contribution in [2.75, 3.05) is 13.1 Å². The lowest BCUT2D eigenvalue weighted by atomic mass is 9.81. The second-order valence-corrected chi connectivity index (χ2v) is 9.73. The molecule has 2 saturated heterocycles. The van der Waals surface area contributed by atoms with Crippen molar-refractivity contribution in [1.29, 1.82) is 0 Å². The molecule has 0 aromatic rings. The minimum atomic E-state index is -0.671. The highest BCUT2D eigenvalue weighted by atomic mass is 79.9. The first-order valence-electron chi connectivity index (χ1n) is 8.87. The number of piperidine rings is 1. The van der Waals surface area contributed by atoms with E-state index in [-0.39, 0.29) is 51.0 Å². The molecule has 2 bridgehead atoms. The highest BCUT2D eigenvalue weighted by Gasteiger charge is 2.67. The highest BCUT2D eigenvalue weighted by molar-refractivity contribution is 9.12. The maximum atomic E-state index is 13.0. The first-order chi connectivity index (χ1) is 11.4. The lowest BCUT2D eigenvalue weighted by molar-refractivity contribution is -0.152. The van der Waals surface area contributed by atoms with E-state index in [1.165, 1.54) is 4.90 Å². The Labute approximate surface area is 158 Å². The van der Waals surface area contributed by atoms with Gasteiger partial charge < -0.3 is 4.90 Å². The van der Waals surface area contributed by atoms with Gasteiger partial charge in [-0.2, -0.15) is 0 Å². The second-order valence-electron chi connectivity index (χ2n) is 7.61. The SMILES string of the molecule is CC(C(=O)N1CCCCC1)N1C(=O)C2C3CC(C(Br)C3Br)C2C1=O.